The molecule has 2 heteroatoms. The third kappa shape index (κ3) is 11.1. The van der Waals surface area contributed by atoms with Gasteiger partial charge in [-0.3, -0.25) is 0 Å². The van der Waals surface area contributed by atoms with E-state index in [1.807, 2.05) is 43.5 Å². The first-order valence-corrected chi connectivity index (χ1v) is 9.30. The second-order valence-electron chi connectivity index (χ2n) is 6.37. The van der Waals surface area contributed by atoms with E-state index in [0.29, 0.717) is 6.10 Å². The van der Waals surface area contributed by atoms with Gasteiger partial charge < -0.3 is 10.1 Å². The Bertz CT molecular complexity index is 622. The van der Waals surface area contributed by atoms with Crippen molar-refractivity contribution in [2.24, 2.45) is 0 Å². The Kier molecular flexibility index (Phi) is 13.5. The van der Waals surface area contributed by atoms with Crippen LogP contribution in [0.25, 0.3) is 12.2 Å². The Labute approximate surface area is 167 Å². The van der Waals surface area contributed by atoms with Gasteiger partial charge in [-0.15, -0.1) is 0 Å². The Morgan fingerprint density at radius 3 is 1.78 bits per heavy atom. The fourth-order valence-electron chi connectivity index (χ4n) is 2.39. The number of rotatable bonds is 3. The summed E-state index contributed by atoms with van der Waals surface area (Å²) in [5, 5.41) is 3.04. The topological polar surface area (TPSA) is 21.3 Å². The van der Waals surface area contributed by atoms with Crippen molar-refractivity contribution in [3.8, 4) is 0 Å². The third-order valence-electron chi connectivity index (χ3n) is 4.16. The molecule has 1 aliphatic rings. The average Bonchev–Trinajstić information content (AvgIpc) is 2.70. The van der Waals surface area contributed by atoms with Gasteiger partial charge in [0.2, 0.25) is 0 Å². The van der Waals surface area contributed by atoms with Gasteiger partial charge in [0.25, 0.3) is 0 Å². The van der Waals surface area contributed by atoms with Gasteiger partial charge in [-0.05, 0) is 56.4 Å². The van der Waals surface area contributed by atoms with E-state index >= 15 is 0 Å². The monoisotopic (exact) mass is 367 g/mol. The smallest absolute Gasteiger partial charge is 0.0547 e. The highest BCUT2D eigenvalue weighted by Gasteiger charge is 2.05. The van der Waals surface area contributed by atoms with Gasteiger partial charge in [0.15, 0.2) is 0 Å². The van der Waals surface area contributed by atoms with Gasteiger partial charge in [-0.1, -0.05) is 74.7 Å². The Hall–Kier alpha value is -2.32. The lowest BCUT2D eigenvalue weighted by Crippen LogP contribution is -2.14. The predicted octanol–water partition coefficient (Wildman–Crippen LogP) is 7.22. The molecule has 2 aromatic carbocycles. The van der Waals surface area contributed by atoms with E-state index in [0.717, 1.165) is 17.9 Å². The van der Waals surface area contributed by atoms with Crippen molar-refractivity contribution in [3.05, 3.63) is 78.4 Å². The van der Waals surface area contributed by atoms with Gasteiger partial charge in [0.05, 0.1) is 6.10 Å². The summed E-state index contributed by atoms with van der Waals surface area (Å²) >= 11 is 0. The largest absolute Gasteiger partial charge is 0.388 e. The average molecular weight is 368 g/mol. The van der Waals surface area contributed by atoms with Gasteiger partial charge >= 0.3 is 0 Å². The number of ether oxygens (including phenoxy) is 1. The van der Waals surface area contributed by atoms with Gasteiger partial charge in [0, 0.05) is 19.3 Å². The van der Waals surface area contributed by atoms with Crippen LogP contribution in [0.4, 0.5) is 5.69 Å². The summed E-state index contributed by atoms with van der Waals surface area (Å²) < 4.78 is 5.28. The zero-order chi connectivity index (χ0) is 19.2. The van der Waals surface area contributed by atoms with E-state index in [-0.39, 0.29) is 7.43 Å². The van der Waals surface area contributed by atoms with E-state index in [9.17, 15) is 0 Å². The van der Waals surface area contributed by atoms with Crippen molar-refractivity contribution in [3.63, 3.8) is 0 Å². The maximum Gasteiger partial charge on any atom is 0.0547 e. The molecule has 27 heavy (non-hydrogen) atoms. The molecule has 1 fully saturated rings. The normalized spacial score (nSPS) is 14.9. The van der Waals surface area contributed by atoms with E-state index in [1.54, 1.807) is 0 Å². The standard InChI is InChI=1S/C9H11N.C9H10.C6H12O.CH4/c1-3-8-4-6-9(10-2)7-5-8;1-3-9-6-4-8(2)5-7-9;1-6-4-2-3-5-7-6;/h3-7,10H,1H2,2H3;3-7H,1H2,2H3;6H,2-5H2,1H3;1H4. The molecule has 1 aliphatic heterocycles. The lowest BCUT2D eigenvalue weighted by Gasteiger charge is -2.17. The second-order valence-corrected chi connectivity index (χ2v) is 6.37. The highest BCUT2D eigenvalue weighted by atomic mass is 16.5. The Morgan fingerprint density at radius 1 is 0.926 bits per heavy atom. The van der Waals surface area contributed by atoms with E-state index in [2.05, 4.69) is 56.6 Å². The highest BCUT2D eigenvalue weighted by molar-refractivity contribution is 5.53. The molecule has 2 nitrogen and oxygen atoms in total. The van der Waals surface area contributed by atoms with E-state index < -0.39 is 0 Å². The van der Waals surface area contributed by atoms with Crippen molar-refractivity contribution >= 4 is 17.8 Å². The van der Waals surface area contributed by atoms with E-state index in [4.69, 9.17) is 4.74 Å². The molecule has 0 aromatic heterocycles. The van der Waals surface area contributed by atoms with Gasteiger partial charge in [-0.25, -0.2) is 0 Å². The van der Waals surface area contributed by atoms with Gasteiger partial charge in [0.1, 0.15) is 0 Å². The minimum Gasteiger partial charge on any atom is -0.388 e. The predicted molar refractivity (Wildman–Crippen MR) is 123 cm³/mol. The summed E-state index contributed by atoms with van der Waals surface area (Å²) in [5.41, 5.74) is 4.76. The summed E-state index contributed by atoms with van der Waals surface area (Å²) in [5.74, 6) is 0. The molecule has 0 saturated carbocycles. The first-order valence-electron chi connectivity index (χ1n) is 9.30. The van der Waals surface area contributed by atoms with Crippen LogP contribution in [0.5, 0.6) is 0 Å². The summed E-state index contributed by atoms with van der Waals surface area (Å²) in [6.45, 7) is 12.5. The lowest BCUT2D eigenvalue weighted by atomic mass is 10.1. The number of aryl methyl sites for hydroxylation is 1. The molecule has 0 amide bonds. The minimum atomic E-state index is 0. The van der Waals surface area contributed by atoms with Crippen LogP contribution in [0.2, 0.25) is 0 Å². The Morgan fingerprint density at radius 2 is 1.44 bits per heavy atom. The van der Waals surface area contributed by atoms with Crippen LogP contribution in [-0.2, 0) is 4.74 Å². The maximum atomic E-state index is 5.28. The summed E-state index contributed by atoms with van der Waals surface area (Å²) in [6, 6.07) is 16.4. The first kappa shape index (κ1) is 24.7. The van der Waals surface area contributed by atoms with Crippen LogP contribution >= 0.6 is 0 Å². The molecule has 1 N–H and O–H groups in total. The van der Waals surface area contributed by atoms with Crippen LogP contribution in [-0.4, -0.2) is 19.8 Å². The van der Waals surface area contributed by atoms with Crippen LogP contribution in [0.15, 0.2) is 61.7 Å². The molecular weight excluding hydrogens is 330 g/mol. The molecule has 1 heterocycles. The van der Waals surface area contributed by atoms with Crippen LogP contribution in [0, 0.1) is 6.92 Å². The molecule has 0 radical (unpaired) electrons. The highest BCUT2D eigenvalue weighted by Crippen LogP contribution is 2.10. The second kappa shape index (κ2) is 14.8. The van der Waals surface area contributed by atoms with Crippen LogP contribution in [0.3, 0.4) is 0 Å². The molecular formula is C25H37NO. The molecule has 0 aliphatic carbocycles. The van der Waals surface area contributed by atoms with Crippen molar-refractivity contribution in [1.29, 1.82) is 0 Å². The number of nitrogens with one attached hydrogen (secondary N) is 1. The molecule has 0 spiro atoms. The number of hydrogen-bond acceptors (Lipinski definition) is 2. The van der Waals surface area contributed by atoms with E-state index in [1.165, 1.54) is 30.4 Å². The molecule has 1 saturated heterocycles. The third-order valence-corrected chi connectivity index (χ3v) is 4.16. The number of anilines is 1. The molecule has 148 valence electrons. The van der Waals surface area contributed by atoms with Crippen molar-refractivity contribution in [2.45, 2.75) is 46.6 Å². The summed E-state index contributed by atoms with van der Waals surface area (Å²) in [7, 11) is 1.91. The van der Waals surface area contributed by atoms with Crippen LogP contribution < -0.4 is 5.32 Å². The van der Waals surface area contributed by atoms with Crippen molar-refractivity contribution < 1.29 is 4.74 Å². The lowest BCUT2D eigenvalue weighted by molar-refractivity contribution is 0.0285. The zero-order valence-electron chi connectivity index (χ0n) is 16.5. The summed E-state index contributed by atoms with van der Waals surface area (Å²) in [4.78, 5) is 0. The molecule has 0 bridgehead atoms. The zero-order valence-corrected chi connectivity index (χ0v) is 16.5. The maximum absolute atomic E-state index is 5.28. The van der Waals surface area contributed by atoms with Crippen molar-refractivity contribution in [2.75, 3.05) is 19.0 Å². The number of benzene rings is 2. The quantitative estimate of drug-likeness (QED) is 0.618. The molecule has 1 atom stereocenters. The molecule has 2 aromatic rings. The first-order chi connectivity index (χ1) is 12.6. The van der Waals surface area contributed by atoms with Crippen LogP contribution in [0.1, 0.15) is 50.3 Å². The minimum absolute atomic E-state index is 0. The molecule has 1 unspecified atom stereocenters. The fraction of sp³-hybridized carbons (Fsp3) is 0.360. The Balaban J connectivity index is 0.000000374. The fourth-order valence-corrected chi connectivity index (χ4v) is 2.39. The van der Waals surface area contributed by atoms with Gasteiger partial charge in [-0.2, -0.15) is 0 Å². The van der Waals surface area contributed by atoms with Crippen molar-refractivity contribution in [1.82, 2.24) is 0 Å². The number of hydrogen-bond donors (Lipinski definition) is 1. The SMILES string of the molecule is C.C=Cc1ccc(C)cc1.C=Cc1ccc(NC)cc1.CC1CCCCO1. The summed E-state index contributed by atoms with van der Waals surface area (Å²) in [6.07, 6.45) is 8.11. The molecule has 3 rings (SSSR count).